The van der Waals surface area contributed by atoms with E-state index < -0.39 is 0 Å². The minimum absolute atomic E-state index is 0.105. The first-order valence-corrected chi connectivity index (χ1v) is 11.4. The molecule has 0 atom stereocenters. The van der Waals surface area contributed by atoms with Crippen LogP contribution >= 0.6 is 23.4 Å². The SMILES string of the molecule is CCOc1ccccc1NC(=O)c1c(C)cc(C)nc1SCC(=O)Nc1ccc(Cl)cc1. The fourth-order valence-corrected chi connectivity index (χ4v) is 4.16. The molecule has 1 aromatic heterocycles. The van der Waals surface area contributed by atoms with Crippen molar-refractivity contribution in [1.29, 1.82) is 0 Å². The zero-order valence-electron chi connectivity index (χ0n) is 18.1. The zero-order chi connectivity index (χ0) is 23.1. The van der Waals surface area contributed by atoms with Crippen molar-refractivity contribution >= 4 is 46.6 Å². The molecule has 0 radical (unpaired) electrons. The second-order valence-corrected chi connectivity index (χ2v) is 8.39. The second-order valence-electron chi connectivity index (χ2n) is 6.99. The van der Waals surface area contributed by atoms with Crippen LogP contribution in [-0.2, 0) is 4.79 Å². The molecule has 32 heavy (non-hydrogen) atoms. The number of aryl methyl sites for hydroxylation is 2. The lowest BCUT2D eigenvalue weighted by molar-refractivity contribution is -0.113. The van der Waals surface area contributed by atoms with Gasteiger partial charge in [0.1, 0.15) is 10.8 Å². The summed E-state index contributed by atoms with van der Waals surface area (Å²) in [6.07, 6.45) is 0. The summed E-state index contributed by atoms with van der Waals surface area (Å²) in [6.45, 7) is 6.09. The average Bonchev–Trinajstić information content (AvgIpc) is 2.75. The molecule has 0 spiro atoms. The number of hydrogen-bond donors (Lipinski definition) is 2. The number of carbonyl (C=O) groups excluding carboxylic acids is 2. The number of benzene rings is 2. The largest absolute Gasteiger partial charge is 0.492 e. The number of carbonyl (C=O) groups is 2. The number of nitrogens with zero attached hydrogens (tertiary/aromatic N) is 1. The molecule has 6 nitrogen and oxygen atoms in total. The Bertz CT molecular complexity index is 1120. The van der Waals surface area contributed by atoms with Gasteiger partial charge in [-0.05, 0) is 68.8 Å². The predicted molar refractivity (Wildman–Crippen MR) is 130 cm³/mol. The van der Waals surface area contributed by atoms with Crippen LogP contribution in [0.3, 0.4) is 0 Å². The first kappa shape index (κ1) is 23.6. The zero-order valence-corrected chi connectivity index (χ0v) is 19.6. The van der Waals surface area contributed by atoms with Crippen LogP contribution in [0.2, 0.25) is 5.02 Å². The lowest BCUT2D eigenvalue weighted by Gasteiger charge is -2.15. The van der Waals surface area contributed by atoms with Crippen molar-refractivity contribution in [2.24, 2.45) is 0 Å². The average molecular weight is 470 g/mol. The van der Waals surface area contributed by atoms with Crippen molar-refractivity contribution in [3.8, 4) is 5.75 Å². The number of para-hydroxylation sites is 2. The molecule has 0 aliphatic carbocycles. The summed E-state index contributed by atoms with van der Waals surface area (Å²) in [4.78, 5) is 30.1. The first-order valence-electron chi connectivity index (χ1n) is 10.1. The van der Waals surface area contributed by atoms with Gasteiger partial charge in [0, 0.05) is 16.4 Å². The molecule has 3 aromatic rings. The van der Waals surface area contributed by atoms with E-state index in [-0.39, 0.29) is 17.6 Å². The van der Waals surface area contributed by atoms with E-state index in [2.05, 4.69) is 15.6 Å². The minimum atomic E-state index is -0.303. The fraction of sp³-hybridized carbons (Fsp3) is 0.208. The molecule has 0 saturated carbocycles. The summed E-state index contributed by atoms with van der Waals surface area (Å²) in [7, 11) is 0. The highest BCUT2D eigenvalue weighted by Gasteiger charge is 2.19. The van der Waals surface area contributed by atoms with Crippen molar-refractivity contribution in [1.82, 2.24) is 4.98 Å². The number of thioether (sulfide) groups is 1. The number of aromatic nitrogens is 1. The summed E-state index contributed by atoms with van der Waals surface area (Å²) in [5, 5.41) is 6.83. The van der Waals surface area contributed by atoms with Crippen LogP contribution in [0, 0.1) is 13.8 Å². The number of pyridine rings is 1. The predicted octanol–water partition coefficient (Wildman–Crippen LogP) is 5.73. The van der Waals surface area contributed by atoms with Crippen LogP contribution in [0.5, 0.6) is 5.75 Å². The highest BCUT2D eigenvalue weighted by atomic mass is 35.5. The van der Waals surface area contributed by atoms with Gasteiger partial charge in [0.15, 0.2) is 0 Å². The van der Waals surface area contributed by atoms with Crippen molar-refractivity contribution in [2.45, 2.75) is 25.8 Å². The molecule has 2 amide bonds. The molecule has 2 N–H and O–H groups in total. The van der Waals surface area contributed by atoms with Crippen molar-refractivity contribution in [3.63, 3.8) is 0 Å². The summed E-state index contributed by atoms with van der Waals surface area (Å²) in [5.74, 6) is 0.195. The van der Waals surface area contributed by atoms with Crippen LogP contribution in [0.4, 0.5) is 11.4 Å². The van der Waals surface area contributed by atoms with Crippen molar-refractivity contribution in [2.75, 3.05) is 23.0 Å². The number of hydrogen-bond acceptors (Lipinski definition) is 5. The monoisotopic (exact) mass is 469 g/mol. The Hall–Kier alpha value is -3.03. The van der Waals surface area contributed by atoms with E-state index in [1.54, 1.807) is 36.4 Å². The van der Waals surface area contributed by atoms with Gasteiger partial charge in [-0.25, -0.2) is 4.98 Å². The Labute approximate surface area is 196 Å². The third-order valence-electron chi connectivity index (χ3n) is 4.44. The molecule has 1 heterocycles. The number of nitrogens with one attached hydrogen (secondary N) is 2. The third-order valence-corrected chi connectivity index (χ3v) is 5.67. The van der Waals surface area contributed by atoms with Gasteiger partial charge in [-0.2, -0.15) is 0 Å². The first-order chi connectivity index (χ1) is 15.4. The lowest BCUT2D eigenvalue weighted by atomic mass is 10.1. The van der Waals surface area contributed by atoms with Crippen LogP contribution in [0.15, 0.2) is 59.6 Å². The molecular weight excluding hydrogens is 446 g/mol. The minimum Gasteiger partial charge on any atom is -0.492 e. The summed E-state index contributed by atoms with van der Waals surface area (Å²) in [5.41, 5.74) is 3.22. The summed E-state index contributed by atoms with van der Waals surface area (Å²) >= 11 is 7.10. The third kappa shape index (κ3) is 6.24. The standard InChI is InChI=1S/C24H24ClN3O3S/c1-4-31-20-8-6-5-7-19(20)28-23(30)22-15(2)13-16(3)26-24(22)32-14-21(29)27-18-11-9-17(25)10-12-18/h5-13H,4,14H2,1-3H3,(H,27,29)(H,28,30). The molecule has 3 rings (SSSR count). The van der Waals surface area contributed by atoms with E-state index >= 15 is 0 Å². The Kier molecular flexibility index (Phi) is 8.14. The Balaban J connectivity index is 1.76. The van der Waals surface area contributed by atoms with Gasteiger partial charge in [0.25, 0.3) is 5.91 Å². The maximum Gasteiger partial charge on any atom is 0.258 e. The molecule has 0 fully saturated rings. The molecule has 0 unspecified atom stereocenters. The van der Waals surface area contributed by atoms with Gasteiger partial charge in [-0.1, -0.05) is 35.5 Å². The summed E-state index contributed by atoms with van der Waals surface area (Å²) < 4.78 is 5.60. The van der Waals surface area contributed by atoms with Crippen molar-refractivity contribution < 1.29 is 14.3 Å². The quantitative estimate of drug-likeness (QED) is 0.411. The fourth-order valence-electron chi connectivity index (χ4n) is 3.08. The van der Waals surface area contributed by atoms with Crippen LogP contribution in [0.25, 0.3) is 0 Å². The van der Waals surface area contributed by atoms with Crippen molar-refractivity contribution in [3.05, 3.63) is 76.4 Å². The number of halogens is 1. The van der Waals surface area contributed by atoms with Gasteiger partial charge in [-0.15, -0.1) is 0 Å². The highest BCUT2D eigenvalue weighted by molar-refractivity contribution is 8.00. The Morgan fingerprint density at radius 1 is 1.06 bits per heavy atom. The summed E-state index contributed by atoms with van der Waals surface area (Å²) in [6, 6.07) is 16.0. The smallest absolute Gasteiger partial charge is 0.258 e. The molecule has 0 aliphatic rings. The highest BCUT2D eigenvalue weighted by Crippen LogP contribution is 2.28. The normalized spacial score (nSPS) is 10.5. The van der Waals surface area contributed by atoms with E-state index in [0.717, 1.165) is 11.3 Å². The van der Waals surface area contributed by atoms with Crippen LogP contribution in [0.1, 0.15) is 28.5 Å². The molecule has 0 bridgehead atoms. The number of amides is 2. The number of rotatable bonds is 8. The van der Waals surface area contributed by atoms with E-state index in [4.69, 9.17) is 16.3 Å². The molecule has 2 aromatic carbocycles. The molecule has 166 valence electrons. The van der Waals surface area contributed by atoms with Gasteiger partial charge >= 0.3 is 0 Å². The topological polar surface area (TPSA) is 80.3 Å². The van der Waals surface area contributed by atoms with E-state index in [1.807, 2.05) is 39.0 Å². The van der Waals surface area contributed by atoms with Gasteiger partial charge in [0.05, 0.1) is 23.6 Å². The maximum absolute atomic E-state index is 13.2. The molecule has 8 heteroatoms. The van der Waals surface area contributed by atoms with Crippen LogP contribution in [-0.4, -0.2) is 29.2 Å². The van der Waals surface area contributed by atoms with Gasteiger partial charge in [-0.3, -0.25) is 9.59 Å². The van der Waals surface area contributed by atoms with E-state index in [9.17, 15) is 9.59 Å². The Morgan fingerprint density at radius 3 is 2.50 bits per heavy atom. The van der Waals surface area contributed by atoms with Gasteiger partial charge < -0.3 is 15.4 Å². The molecule has 0 aliphatic heterocycles. The van der Waals surface area contributed by atoms with E-state index in [1.165, 1.54) is 11.8 Å². The maximum atomic E-state index is 13.2. The van der Waals surface area contributed by atoms with Gasteiger partial charge in [0.2, 0.25) is 5.91 Å². The Morgan fingerprint density at radius 2 is 1.78 bits per heavy atom. The van der Waals surface area contributed by atoms with E-state index in [0.29, 0.717) is 39.3 Å². The number of anilines is 2. The number of ether oxygens (including phenoxy) is 1. The lowest BCUT2D eigenvalue weighted by Crippen LogP contribution is -2.18. The molecular formula is C24H24ClN3O3S. The second kappa shape index (κ2) is 11.0. The molecule has 0 saturated heterocycles. The van der Waals surface area contributed by atoms with Crippen LogP contribution < -0.4 is 15.4 Å².